The fourth-order valence-electron chi connectivity index (χ4n) is 1.27. The minimum Gasteiger partial charge on any atom is -0.305 e. The molecule has 2 aromatic rings. The van der Waals surface area contributed by atoms with E-state index in [1.54, 1.807) is 22.7 Å². The Morgan fingerprint density at radius 1 is 1.33 bits per heavy atom. The normalized spacial score (nSPS) is 10.8. The highest BCUT2D eigenvalue weighted by Gasteiger charge is 2.00. The lowest BCUT2D eigenvalue weighted by Gasteiger charge is -1.98. The quantitative estimate of drug-likeness (QED) is 0.891. The van der Waals surface area contributed by atoms with Crippen LogP contribution < -0.4 is 5.32 Å². The summed E-state index contributed by atoms with van der Waals surface area (Å²) in [6, 6.07) is 0. The second-order valence-electron chi connectivity index (χ2n) is 3.33. The van der Waals surface area contributed by atoms with Crippen LogP contribution in [0.2, 0.25) is 0 Å². The summed E-state index contributed by atoms with van der Waals surface area (Å²) < 4.78 is 0. The van der Waals surface area contributed by atoms with Gasteiger partial charge in [-0.2, -0.15) is 0 Å². The predicted octanol–water partition coefficient (Wildman–Crippen LogP) is 2.51. The zero-order chi connectivity index (χ0) is 10.7. The fraction of sp³-hybridized carbons (Fsp3) is 0.400. The van der Waals surface area contributed by atoms with Gasteiger partial charge in [0.2, 0.25) is 0 Å². The summed E-state index contributed by atoms with van der Waals surface area (Å²) in [6.45, 7) is 5.75. The molecule has 1 N–H and O–H groups in total. The molecule has 0 spiro atoms. The first-order valence-electron chi connectivity index (χ1n) is 4.77. The number of nitrogens with zero attached hydrogens (tertiary/aromatic N) is 2. The highest BCUT2D eigenvalue weighted by molar-refractivity contribution is 7.11. The van der Waals surface area contributed by atoms with Crippen molar-refractivity contribution in [3.63, 3.8) is 0 Å². The maximum Gasteiger partial charge on any atom is 0.107 e. The first-order chi connectivity index (χ1) is 7.24. The van der Waals surface area contributed by atoms with Gasteiger partial charge in [-0.1, -0.05) is 0 Å². The third kappa shape index (κ3) is 3.09. The first kappa shape index (κ1) is 10.7. The lowest BCUT2D eigenvalue weighted by Crippen LogP contribution is -2.12. The van der Waals surface area contributed by atoms with Gasteiger partial charge in [0.05, 0.1) is 10.7 Å². The molecule has 80 valence electrons. The Kier molecular flexibility index (Phi) is 3.45. The molecule has 0 aliphatic heterocycles. The molecular weight excluding hydrogens is 226 g/mol. The second-order valence-corrected chi connectivity index (χ2v) is 5.71. The Labute approximate surface area is 97.2 Å². The van der Waals surface area contributed by atoms with E-state index in [9.17, 15) is 0 Å². The lowest BCUT2D eigenvalue weighted by atomic mass is 10.5. The zero-order valence-electron chi connectivity index (χ0n) is 8.78. The summed E-state index contributed by atoms with van der Waals surface area (Å²) in [4.78, 5) is 9.94. The van der Waals surface area contributed by atoms with Crippen LogP contribution in [0.3, 0.4) is 0 Å². The van der Waals surface area contributed by atoms with Crippen LogP contribution in [0.4, 0.5) is 0 Å². The Balaban J connectivity index is 1.80. The van der Waals surface area contributed by atoms with Gasteiger partial charge in [-0.3, -0.25) is 0 Å². The van der Waals surface area contributed by atoms with Crippen LogP contribution in [-0.2, 0) is 13.1 Å². The maximum absolute atomic E-state index is 4.39. The molecule has 0 aliphatic rings. The highest BCUT2D eigenvalue weighted by Crippen LogP contribution is 2.11. The number of nitrogens with one attached hydrogen (secondary N) is 1. The van der Waals surface area contributed by atoms with Crippen LogP contribution in [0.5, 0.6) is 0 Å². The lowest BCUT2D eigenvalue weighted by molar-refractivity contribution is 0.678. The molecule has 0 amide bonds. The summed E-state index contributed by atoms with van der Waals surface area (Å²) >= 11 is 3.43. The fourth-order valence-corrected chi connectivity index (χ4v) is 2.64. The topological polar surface area (TPSA) is 37.8 Å². The average molecular weight is 239 g/mol. The smallest absolute Gasteiger partial charge is 0.107 e. The number of rotatable bonds is 4. The van der Waals surface area contributed by atoms with Crippen molar-refractivity contribution in [2.75, 3.05) is 0 Å². The maximum atomic E-state index is 4.39. The van der Waals surface area contributed by atoms with Crippen molar-refractivity contribution in [1.29, 1.82) is 0 Å². The van der Waals surface area contributed by atoms with Crippen LogP contribution in [0.1, 0.15) is 20.6 Å². The molecule has 0 saturated carbocycles. The van der Waals surface area contributed by atoms with E-state index in [4.69, 9.17) is 0 Å². The largest absolute Gasteiger partial charge is 0.305 e. The van der Waals surface area contributed by atoms with Crippen LogP contribution in [0, 0.1) is 13.8 Å². The molecule has 3 nitrogen and oxygen atoms in total. The molecule has 0 atom stereocenters. The van der Waals surface area contributed by atoms with Gasteiger partial charge in [-0.05, 0) is 13.8 Å². The summed E-state index contributed by atoms with van der Waals surface area (Å²) in [5.74, 6) is 0. The van der Waals surface area contributed by atoms with Crippen LogP contribution in [0.15, 0.2) is 11.6 Å². The van der Waals surface area contributed by atoms with E-state index in [0.717, 1.165) is 28.8 Å². The summed E-state index contributed by atoms with van der Waals surface area (Å²) in [6.07, 6.45) is 1.91. The first-order valence-corrected chi connectivity index (χ1v) is 6.46. The summed E-state index contributed by atoms with van der Waals surface area (Å²) in [5.41, 5.74) is 1.12. The van der Waals surface area contributed by atoms with Crippen molar-refractivity contribution in [2.24, 2.45) is 0 Å². The van der Waals surface area contributed by atoms with Gasteiger partial charge in [0.25, 0.3) is 0 Å². The van der Waals surface area contributed by atoms with Crippen molar-refractivity contribution in [3.05, 3.63) is 32.2 Å². The van der Waals surface area contributed by atoms with Gasteiger partial charge in [-0.15, -0.1) is 22.7 Å². The molecule has 2 aromatic heterocycles. The van der Waals surface area contributed by atoms with Crippen LogP contribution in [0.25, 0.3) is 0 Å². The van der Waals surface area contributed by atoms with E-state index in [2.05, 4.69) is 27.6 Å². The Bertz CT molecular complexity index is 393. The van der Waals surface area contributed by atoms with Crippen LogP contribution in [-0.4, -0.2) is 9.97 Å². The number of thiazole rings is 2. The third-order valence-corrected chi connectivity index (χ3v) is 3.65. The summed E-state index contributed by atoms with van der Waals surface area (Å²) in [7, 11) is 0. The summed E-state index contributed by atoms with van der Waals surface area (Å²) in [5, 5.41) is 7.69. The number of hydrogen-bond acceptors (Lipinski definition) is 5. The van der Waals surface area contributed by atoms with E-state index in [0.29, 0.717) is 0 Å². The number of aryl methyl sites for hydroxylation is 2. The van der Waals surface area contributed by atoms with E-state index < -0.39 is 0 Å². The molecular formula is C10H13N3S2. The molecule has 15 heavy (non-hydrogen) atoms. The van der Waals surface area contributed by atoms with Crippen molar-refractivity contribution in [1.82, 2.24) is 15.3 Å². The molecule has 5 heteroatoms. The molecule has 0 unspecified atom stereocenters. The molecule has 2 heterocycles. The predicted molar refractivity (Wildman–Crippen MR) is 64.2 cm³/mol. The van der Waals surface area contributed by atoms with Gasteiger partial charge in [0.1, 0.15) is 5.01 Å². The van der Waals surface area contributed by atoms with E-state index in [1.165, 1.54) is 4.88 Å². The molecule has 0 bridgehead atoms. The van der Waals surface area contributed by atoms with Gasteiger partial charge in [0, 0.05) is 29.5 Å². The number of hydrogen-bond donors (Lipinski definition) is 1. The molecule has 2 rings (SSSR count). The van der Waals surface area contributed by atoms with E-state index in [-0.39, 0.29) is 0 Å². The monoisotopic (exact) mass is 239 g/mol. The second kappa shape index (κ2) is 4.83. The Morgan fingerprint density at radius 3 is 2.80 bits per heavy atom. The van der Waals surface area contributed by atoms with Gasteiger partial charge >= 0.3 is 0 Å². The van der Waals surface area contributed by atoms with Crippen molar-refractivity contribution >= 4 is 22.7 Å². The zero-order valence-corrected chi connectivity index (χ0v) is 10.4. The standard InChI is InChI=1S/C10H13N3S2/c1-7-3-12-10(15-7)5-11-4-9-6-14-8(2)13-9/h3,6,11H,4-5H2,1-2H3. The third-order valence-electron chi connectivity index (χ3n) is 1.92. The molecule has 0 aliphatic carbocycles. The highest BCUT2D eigenvalue weighted by atomic mass is 32.1. The van der Waals surface area contributed by atoms with E-state index in [1.807, 2.05) is 13.1 Å². The molecule has 0 aromatic carbocycles. The minimum atomic E-state index is 0.822. The average Bonchev–Trinajstić information content (AvgIpc) is 2.76. The molecule has 0 radical (unpaired) electrons. The van der Waals surface area contributed by atoms with E-state index >= 15 is 0 Å². The van der Waals surface area contributed by atoms with Gasteiger partial charge in [0.15, 0.2) is 0 Å². The van der Waals surface area contributed by atoms with Crippen molar-refractivity contribution in [2.45, 2.75) is 26.9 Å². The van der Waals surface area contributed by atoms with Crippen LogP contribution >= 0.6 is 22.7 Å². The van der Waals surface area contributed by atoms with Gasteiger partial charge < -0.3 is 5.32 Å². The molecule has 0 saturated heterocycles. The molecule has 0 fully saturated rings. The Hall–Kier alpha value is -0.780. The SMILES string of the molecule is Cc1cnc(CNCc2csc(C)n2)s1. The number of aromatic nitrogens is 2. The van der Waals surface area contributed by atoms with Crippen molar-refractivity contribution in [3.8, 4) is 0 Å². The Morgan fingerprint density at radius 2 is 2.20 bits per heavy atom. The van der Waals surface area contributed by atoms with Gasteiger partial charge in [-0.25, -0.2) is 9.97 Å². The minimum absolute atomic E-state index is 0.822. The van der Waals surface area contributed by atoms with Crippen molar-refractivity contribution < 1.29 is 0 Å².